The van der Waals surface area contributed by atoms with Crippen LogP contribution >= 0.6 is 0 Å². The molecule has 0 aliphatic heterocycles. The van der Waals surface area contributed by atoms with Gasteiger partial charge < -0.3 is 10.3 Å². The normalized spacial score (nSPS) is 11.2. The first-order valence-electron chi connectivity index (χ1n) is 7.33. The molecule has 2 N–H and O–H groups in total. The van der Waals surface area contributed by atoms with Crippen LogP contribution < -0.4 is 5.32 Å². The molecule has 0 spiro atoms. The highest BCUT2D eigenvalue weighted by molar-refractivity contribution is 6.10. The fourth-order valence-corrected chi connectivity index (χ4v) is 2.78. The van der Waals surface area contributed by atoms with Crippen LogP contribution in [0.1, 0.15) is 21.9 Å². The molecular formula is C17H15N5O. The van der Waals surface area contributed by atoms with Crippen molar-refractivity contribution in [3.05, 3.63) is 59.7 Å². The lowest BCUT2D eigenvalue weighted by molar-refractivity contribution is 0.102. The van der Waals surface area contributed by atoms with E-state index in [1.165, 1.54) is 0 Å². The van der Waals surface area contributed by atoms with E-state index in [1.54, 1.807) is 12.1 Å². The predicted octanol–water partition coefficient (Wildman–Crippen LogP) is 3.08. The zero-order chi connectivity index (χ0) is 16.0. The van der Waals surface area contributed by atoms with E-state index < -0.39 is 0 Å². The second-order valence-electron chi connectivity index (χ2n) is 5.52. The summed E-state index contributed by atoms with van der Waals surface area (Å²) in [5.74, 6) is 0.625. The Morgan fingerprint density at radius 2 is 2.00 bits per heavy atom. The maximum atomic E-state index is 12.6. The van der Waals surface area contributed by atoms with Crippen LogP contribution in [-0.4, -0.2) is 25.5 Å². The molecule has 114 valence electrons. The van der Waals surface area contributed by atoms with Gasteiger partial charge in [0.05, 0.1) is 5.69 Å². The van der Waals surface area contributed by atoms with Gasteiger partial charge >= 0.3 is 0 Å². The summed E-state index contributed by atoms with van der Waals surface area (Å²) in [5, 5.41) is 12.0. The number of rotatable bonds is 2. The summed E-state index contributed by atoms with van der Waals surface area (Å²) in [6.45, 7) is 3.82. The molecule has 3 heterocycles. The highest BCUT2D eigenvalue weighted by atomic mass is 16.1. The fourth-order valence-electron chi connectivity index (χ4n) is 2.78. The molecule has 3 aromatic heterocycles. The number of nitrogens with zero attached hydrogens (tertiary/aromatic N) is 3. The second kappa shape index (κ2) is 4.95. The van der Waals surface area contributed by atoms with E-state index in [-0.39, 0.29) is 5.91 Å². The third-order valence-corrected chi connectivity index (χ3v) is 3.97. The van der Waals surface area contributed by atoms with E-state index in [9.17, 15) is 4.79 Å². The van der Waals surface area contributed by atoms with Crippen molar-refractivity contribution in [2.75, 3.05) is 5.32 Å². The lowest BCUT2D eigenvalue weighted by Crippen LogP contribution is -2.12. The third-order valence-electron chi connectivity index (χ3n) is 3.97. The summed E-state index contributed by atoms with van der Waals surface area (Å²) >= 11 is 0. The number of carbonyl (C=O) groups excluding carboxylic acids is 1. The monoisotopic (exact) mass is 305 g/mol. The summed E-state index contributed by atoms with van der Waals surface area (Å²) in [4.78, 5) is 15.9. The number of aromatic nitrogens is 4. The second-order valence-corrected chi connectivity index (χ2v) is 5.52. The third kappa shape index (κ3) is 2.15. The Morgan fingerprint density at radius 3 is 2.87 bits per heavy atom. The number of nitrogens with one attached hydrogen (secondary N) is 2. The molecule has 0 atom stereocenters. The molecule has 6 heteroatoms. The van der Waals surface area contributed by atoms with Crippen LogP contribution in [0.15, 0.2) is 42.6 Å². The average Bonchev–Trinajstić information content (AvgIpc) is 3.08. The van der Waals surface area contributed by atoms with Crippen molar-refractivity contribution >= 4 is 28.1 Å². The van der Waals surface area contributed by atoms with Crippen LogP contribution in [0.4, 0.5) is 5.69 Å². The van der Waals surface area contributed by atoms with Crippen LogP contribution in [0.25, 0.3) is 16.6 Å². The van der Waals surface area contributed by atoms with Crippen LogP contribution in [0.3, 0.4) is 0 Å². The molecule has 0 saturated carbocycles. The fraction of sp³-hybridized carbons (Fsp3) is 0.118. The summed E-state index contributed by atoms with van der Waals surface area (Å²) in [7, 11) is 0. The van der Waals surface area contributed by atoms with Crippen molar-refractivity contribution in [2.24, 2.45) is 0 Å². The van der Waals surface area contributed by atoms with Gasteiger partial charge in [-0.1, -0.05) is 18.2 Å². The molecule has 23 heavy (non-hydrogen) atoms. The Labute approximate surface area is 132 Å². The van der Waals surface area contributed by atoms with Crippen LogP contribution in [0.2, 0.25) is 0 Å². The Morgan fingerprint density at radius 1 is 1.17 bits per heavy atom. The molecule has 0 bridgehead atoms. The van der Waals surface area contributed by atoms with Gasteiger partial charge in [-0.15, -0.1) is 10.2 Å². The molecule has 0 fully saturated rings. The van der Waals surface area contributed by atoms with Crippen molar-refractivity contribution < 1.29 is 4.79 Å². The van der Waals surface area contributed by atoms with Gasteiger partial charge in [0.1, 0.15) is 5.82 Å². The number of para-hydroxylation sites is 1. The SMILES string of the molecule is Cc1[nH]c2ccccc2c1NC(=O)c1ccn2c(C)nnc2c1. The largest absolute Gasteiger partial charge is 0.357 e. The first-order chi connectivity index (χ1) is 11.1. The lowest BCUT2D eigenvalue weighted by Gasteiger charge is -2.06. The first kappa shape index (κ1) is 13.5. The molecule has 1 amide bonds. The highest BCUT2D eigenvalue weighted by Crippen LogP contribution is 2.27. The smallest absolute Gasteiger partial charge is 0.255 e. The minimum Gasteiger partial charge on any atom is -0.357 e. The zero-order valence-electron chi connectivity index (χ0n) is 12.8. The first-order valence-corrected chi connectivity index (χ1v) is 7.33. The number of hydrogen-bond acceptors (Lipinski definition) is 3. The molecule has 0 radical (unpaired) electrons. The van der Waals surface area contributed by atoms with Crippen LogP contribution in [0.5, 0.6) is 0 Å². The van der Waals surface area contributed by atoms with Gasteiger partial charge in [0.15, 0.2) is 5.65 Å². The van der Waals surface area contributed by atoms with E-state index >= 15 is 0 Å². The van der Waals surface area contributed by atoms with E-state index in [0.717, 1.165) is 28.1 Å². The number of aryl methyl sites for hydroxylation is 2. The van der Waals surface area contributed by atoms with Gasteiger partial charge in [0, 0.05) is 28.4 Å². The van der Waals surface area contributed by atoms with Gasteiger partial charge in [0.25, 0.3) is 5.91 Å². The van der Waals surface area contributed by atoms with Gasteiger partial charge in [0.2, 0.25) is 0 Å². The molecular weight excluding hydrogens is 290 g/mol. The molecule has 4 rings (SSSR count). The number of fused-ring (bicyclic) bond motifs is 2. The van der Waals surface area contributed by atoms with Gasteiger partial charge in [-0.3, -0.25) is 9.20 Å². The minimum absolute atomic E-state index is 0.166. The summed E-state index contributed by atoms with van der Waals surface area (Å²) in [6.07, 6.45) is 1.81. The molecule has 1 aromatic carbocycles. The van der Waals surface area contributed by atoms with E-state index in [1.807, 2.05) is 48.7 Å². The van der Waals surface area contributed by atoms with E-state index in [4.69, 9.17) is 0 Å². The number of pyridine rings is 1. The Hall–Kier alpha value is -3.15. The van der Waals surface area contributed by atoms with Gasteiger partial charge in [-0.05, 0) is 32.0 Å². The van der Waals surface area contributed by atoms with E-state index in [0.29, 0.717) is 11.2 Å². The highest BCUT2D eigenvalue weighted by Gasteiger charge is 2.13. The summed E-state index contributed by atoms with van der Waals surface area (Å²) < 4.78 is 1.84. The Bertz CT molecular complexity index is 1040. The molecule has 0 aliphatic carbocycles. The van der Waals surface area contributed by atoms with Gasteiger partial charge in [-0.2, -0.15) is 0 Å². The van der Waals surface area contributed by atoms with Crippen molar-refractivity contribution in [1.29, 1.82) is 0 Å². The number of hydrogen-bond donors (Lipinski definition) is 2. The maximum absolute atomic E-state index is 12.6. The molecule has 6 nitrogen and oxygen atoms in total. The van der Waals surface area contributed by atoms with Crippen molar-refractivity contribution in [3.63, 3.8) is 0 Å². The van der Waals surface area contributed by atoms with Crippen molar-refractivity contribution in [3.8, 4) is 0 Å². The van der Waals surface area contributed by atoms with Crippen molar-refractivity contribution in [2.45, 2.75) is 13.8 Å². The van der Waals surface area contributed by atoms with Gasteiger partial charge in [-0.25, -0.2) is 0 Å². The predicted molar refractivity (Wildman–Crippen MR) is 88.7 cm³/mol. The number of aromatic amines is 1. The topological polar surface area (TPSA) is 75.1 Å². The Balaban J connectivity index is 1.71. The quantitative estimate of drug-likeness (QED) is 0.597. The lowest BCUT2D eigenvalue weighted by atomic mass is 10.2. The standard InChI is InChI=1S/C17H15N5O/c1-10-16(13-5-3-4-6-14(13)18-10)19-17(23)12-7-8-22-11(2)20-21-15(22)9-12/h3-9,18H,1-2H3,(H,19,23). The average molecular weight is 305 g/mol. The molecule has 0 aliphatic rings. The number of H-pyrrole nitrogens is 1. The summed E-state index contributed by atoms with van der Waals surface area (Å²) in [6, 6.07) is 11.4. The molecule has 4 aromatic rings. The van der Waals surface area contributed by atoms with Crippen molar-refractivity contribution in [1.82, 2.24) is 19.6 Å². The molecule has 0 unspecified atom stereocenters. The van der Waals surface area contributed by atoms with Crippen LogP contribution in [-0.2, 0) is 0 Å². The van der Waals surface area contributed by atoms with Crippen LogP contribution in [0, 0.1) is 13.8 Å². The number of amides is 1. The van der Waals surface area contributed by atoms with E-state index in [2.05, 4.69) is 20.5 Å². The summed E-state index contributed by atoms with van der Waals surface area (Å²) in [5.41, 5.74) is 3.95. The number of anilines is 1. The molecule has 0 saturated heterocycles. The Kier molecular flexibility index (Phi) is 2.90. The zero-order valence-corrected chi connectivity index (χ0v) is 12.8. The number of carbonyl (C=O) groups is 1. The maximum Gasteiger partial charge on any atom is 0.255 e. The number of benzene rings is 1. The minimum atomic E-state index is -0.166.